The van der Waals surface area contributed by atoms with E-state index in [0.717, 1.165) is 25.8 Å². The first-order valence-electron chi connectivity index (χ1n) is 7.73. The van der Waals surface area contributed by atoms with E-state index in [1.165, 1.54) is 11.1 Å². The van der Waals surface area contributed by atoms with Crippen LogP contribution in [0.5, 0.6) is 0 Å². The average Bonchev–Trinajstić information content (AvgIpc) is 3.17. The Hall–Kier alpha value is -1.35. The zero-order chi connectivity index (χ0) is 14.3. The number of nitrogens with one attached hydrogen (secondary N) is 1. The van der Waals surface area contributed by atoms with Crippen LogP contribution in [0.25, 0.3) is 0 Å². The van der Waals surface area contributed by atoms with Crippen LogP contribution in [-0.2, 0) is 11.2 Å². The predicted octanol–water partition coefficient (Wildman–Crippen LogP) is 2.87. The van der Waals surface area contributed by atoms with E-state index in [1.54, 1.807) is 0 Å². The van der Waals surface area contributed by atoms with E-state index in [-0.39, 0.29) is 11.7 Å². The average molecular weight is 272 g/mol. The smallest absolute Gasteiger partial charge is 0.244 e. The van der Waals surface area contributed by atoms with Crippen LogP contribution in [-0.4, -0.2) is 22.9 Å². The molecule has 1 N–H and O–H groups in total. The molecule has 1 saturated heterocycles. The molecule has 108 valence electrons. The van der Waals surface area contributed by atoms with Gasteiger partial charge in [0.25, 0.3) is 0 Å². The molecule has 2 aliphatic rings. The molecule has 1 atom stereocenters. The van der Waals surface area contributed by atoms with Gasteiger partial charge in [-0.2, -0.15) is 0 Å². The van der Waals surface area contributed by atoms with Crippen molar-refractivity contribution in [3.05, 3.63) is 35.4 Å². The minimum atomic E-state index is -0.233. The minimum Gasteiger partial charge on any atom is -0.321 e. The molecule has 1 heterocycles. The highest BCUT2D eigenvalue weighted by Crippen LogP contribution is 2.46. The third-order valence-corrected chi connectivity index (χ3v) is 4.41. The Morgan fingerprint density at radius 1 is 1.30 bits per heavy atom. The molecule has 1 spiro atoms. The molecule has 0 bridgehead atoms. The molecule has 1 saturated carbocycles. The van der Waals surface area contributed by atoms with E-state index < -0.39 is 0 Å². The van der Waals surface area contributed by atoms with Crippen molar-refractivity contribution < 1.29 is 4.79 Å². The lowest BCUT2D eigenvalue weighted by Gasteiger charge is -2.26. The summed E-state index contributed by atoms with van der Waals surface area (Å²) in [5, 5.41) is 3.58. The minimum absolute atomic E-state index is 0.0540. The molecule has 2 fully saturated rings. The van der Waals surface area contributed by atoms with E-state index in [4.69, 9.17) is 0 Å². The fourth-order valence-corrected chi connectivity index (χ4v) is 3.06. The molecule has 20 heavy (non-hydrogen) atoms. The van der Waals surface area contributed by atoms with Gasteiger partial charge in [0.05, 0.1) is 0 Å². The maximum absolute atomic E-state index is 12.6. The second-order valence-electron chi connectivity index (χ2n) is 6.58. The van der Waals surface area contributed by atoms with Gasteiger partial charge in [0.2, 0.25) is 5.91 Å². The van der Waals surface area contributed by atoms with Gasteiger partial charge in [0.15, 0.2) is 0 Å². The largest absolute Gasteiger partial charge is 0.321 e. The van der Waals surface area contributed by atoms with Crippen LogP contribution in [0.15, 0.2) is 24.3 Å². The summed E-state index contributed by atoms with van der Waals surface area (Å²) in [4.78, 5) is 14.6. The van der Waals surface area contributed by atoms with Crippen LogP contribution in [0.3, 0.4) is 0 Å². The second-order valence-corrected chi connectivity index (χ2v) is 6.58. The fraction of sp³-hybridized carbons (Fsp3) is 0.588. The molecule has 3 heteroatoms. The number of benzene rings is 1. The van der Waals surface area contributed by atoms with E-state index in [0.29, 0.717) is 11.8 Å². The first-order valence-corrected chi connectivity index (χ1v) is 7.73. The number of carbonyl (C=O) groups excluding carboxylic acids is 1. The Bertz CT molecular complexity index is 502. The first-order chi connectivity index (χ1) is 9.55. The normalized spacial score (nSPS) is 23.9. The molecule has 1 aromatic carbocycles. The third kappa shape index (κ3) is 2.24. The van der Waals surface area contributed by atoms with E-state index in [9.17, 15) is 4.79 Å². The number of carbonyl (C=O) groups is 1. The van der Waals surface area contributed by atoms with Gasteiger partial charge in [-0.15, -0.1) is 0 Å². The molecule has 3 nitrogen and oxygen atoms in total. The quantitative estimate of drug-likeness (QED) is 0.914. The molecule has 3 rings (SSSR count). The topological polar surface area (TPSA) is 32.3 Å². The molecular formula is C17H24N2O. The van der Waals surface area contributed by atoms with Crippen molar-refractivity contribution in [1.82, 2.24) is 10.2 Å². The van der Waals surface area contributed by atoms with Crippen LogP contribution < -0.4 is 5.32 Å². The Kier molecular flexibility index (Phi) is 3.33. The van der Waals surface area contributed by atoms with Crippen LogP contribution in [0.2, 0.25) is 0 Å². The molecule has 1 amide bonds. The number of rotatable bonds is 4. The first kappa shape index (κ1) is 13.6. The Morgan fingerprint density at radius 3 is 2.45 bits per heavy atom. The lowest BCUT2D eigenvalue weighted by molar-refractivity contribution is -0.131. The Labute approximate surface area is 121 Å². The van der Waals surface area contributed by atoms with Crippen molar-refractivity contribution in [1.29, 1.82) is 0 Å². The third-order valence-electron chi connectivity index (χ3n) is 4.41. The van der Waals surface area contributed by atoms with Gasteiger partial charge in [-0.05, 0) is 36.3 Å². The van der Waals surface area contributed by atoms with Gasteiger partial charge < -0.3 is 4.90 Å². The van der Waals surface area contributed by atoms with Crippen molar-refractivity contribution in [2.24, 2.45) is 5.92 Å². The second kappa shape index (κ2) is 4.88. The van der Waals surface area contributed by atoms with Gasteiger partial charge in [0, 0.05) is 6.54 Å². The van der Waals surface area contributed by atoms with Crippen LogP contribution >= 0.6 is 0 Å². The summed E-state index contributed by atoms with van der Waals surface area (Å²) >= 11 is 0. The summed E-state index contributed by atoms with van der Waals surface area (Å²) in [5.74, 6) is 0.794. The van der Waals surface area contributed by atoms with E-state index >= 15 is 0 Å². The molecule has 0 aromatic heterocycles. The van der Waals surface area contributed by atoms with Crippen molar-refractivity contribution in [2.75, 3.05) is 6.54 Å². The van der Waals surface area contributed by atoms with Gasteiger partial charge in [-0.3, -0.25) is 10.1 Å². The van der Waals surface area contributed by atoms with Crippen LogP contribution in [0.4, 0.5) is 0 Å². The molecule has 1 aliphatic heterocycles. The summed E-state index contributed by atoms with van der Waals surface area (Å²) in [6, 6.07) is 8.68. The Balaban J connectivity index is 1.87. The standard InChI is InChI=1S/C17H24N2O/c1-4-13-5-7-14(8-6-13)15-18-17(9-10-17)16(20)19(15)11-12(2)3/h5-8,12,15,18H,4,9-11H2,1-3H3. The van der Waals surface area contributed by atoms with Gasteiger partial charge >= 0.3 is 0 Å². The highest BCUT2D eigenvalue weighted by molar-refractivity contribution is 5.92. The van der Waals surface area contributed by atoms with E-state index in [1.807, 2.05) is 4.90 Å². The lowest BCUT2D eigenvalue weighted by Crippen LogP contribution is -2.34. The highest BCUT2D eigenvalue weighted by atomic mass is 16.2. The lowest BCUT2D eigenvalue weighted by atomic mass is 10.1. The number of aryl methyl sites for hydroxylation is 1. The molecule has 1 aliphatic carbocycles. The maximum atomic E-state index is 12.6. The highest BCUT2D eigenvalue weighted by Gasteiger charge is 2.59. The van der Waals surface area contributed by atoms with Crippen molar-refractivity contribution in [3.63, 3.8) is 0 Å². The van der Waals surface area contributed by atoms with Crippen LogP contribution in [0.1, 0.15) is 50.9 Å². The SMILES string of the molecule is CCc1ccc(C2NC3(CC3)C(=O)N2CC(C)C)cc1. The zero-order valence-electron chi connectivity index (χ0n) is 12.6. The summed E-state index contributed by atoms with van der Waals surface area (Å²) in [7, 11) is 0. The zero-order valence-corrected chi connectivity index (χ0v) is 12.6. The number of hydrogen-bond donors (Lipinski definition) is 1. The molecule has 1 aromatic rings. The fourth-order valence-electron chi connectivity index (χ4n) is 3.06. The van der Waals surface area contributed by atoms with Crippen molar-refractivity contribution >= 4 is 5.91 Å². The predicted molar refractivity (Wildman–Crippen MR) is 80.2 cm³/mol. The Morgan fingerprint density at radius 2 is 1.95 bits per heavy atom. The van der Waals surface area contributed by atoms with Gasteiger partial charge in [-0.25, -0.2) is 0 Å². The number of amides is 1. The van der Waals surface area contributed by atoms with Crippen LogP contribution in [0, 0.1) is 5.92 Å². The van der Waals surface area contributed by atoms with Gasteiger partial charge in [-0.1, -0.05) is 45.0 Å². The maximum Gasteiger partial charge on any atom is 0.244 e. The van der Waals surface area contributed by atoms with Gasteiger partial charge in [0.1, 0.15) is 11.7 Å². The monoisotopic (exact) mass is 272 g/mol. The van der Waals surface area contributed by atoms with Crippen molar-refractivity contribution in [3.8, 4) is 0 Å². The summed E-state index contributed by atoms with van der Waals surface area (Å²) in [6.45, 7) is 7.33. The van der Waals surface area contributed by atoms with E-state index in [2.05, 4.69) is 50.4 Å². The molecule has 0 radical (unpaired) electrons. The molecular weight excluding hydrogens is 248 g/mol. The summed E-state index contributed by atoms with van der Waals surface area (Å²) in [6.07, 6.45) is 3.09. The molecule has 1 unspecified atom stereocenters. The van der Waals surface area contributed by atoms with Crippen molar-refractivity contribution in [2.45, 2.75) is 51.7 Å². The number of nitrogens with zero attached hydrogens (tertiary/aromatic N) is 1. The summed E-state index contributed by atoms with van der Waals surface area (Å²) in [5.41, 5.74) is 2.32. The number of hydrogen-bond acceptors (Lipinski definition) is 2. The summed E-state index contributed by atoms with van der Waals surface area (Å²) < 4.78 is 0.